The number of nitrogens with zero attached hydrogens (tertiary/aromatic N) is 1. The highest BCUT2D eigenvalue weighted by molar-refractivity contribution is 8.01. The van der Waals surface area contributed by atoms with Gasteiger partial charge < -0.3 is 5.73 Å². The molecule has 2 fully saturated rings. The molecule has 2 aliphatic rings. The zero-order valence-corrected chi connectivity index (χ0v) is 13.1. The van der Waals surface area contributed by atoms with Crippen LogP contribution < -0.4 is 5.73 Å². The van der Waals surface area contributed by atoms with E-state index in [2.05, 4.69) is 0 Å². The number of likely N-dealkylation sites (tertiary alicyclic amines) is 1. The van der Waals surface area contributed by atoms with Crippen LogP contribution in [0.1, 0.15) is 32.1 Å². The largest absolute Gasteiger partial charge is 0.398 e. The first-order chi connectivity index (χ1) is 10.1. The summed E-state index contributed by atoms with van der Waals surface area (Å²) in [6.45, 7) is 0. The van der Waals surface area contributed by atoms with E-state index in [9.17, 15) is 9.59 Å². The molecule has 0 bridgehead atoms. The van der Waals surface area contributed by atoms with Crippen LogP contribution in [0.25, 0.3) is 0 Å². The van der Waals surface area contributed by atoms with Crippen molar-refractivity contribution < 1.29 is 9.59 Å². The minimum absolute atomic E-state index is 0.0602. The summed E-state index contributed by atoms with van der Waals surface area (Å²) in [5, 5.41) is 0.125. The Balaban J connectivity index is 1.78. The smallest absolute Gasteiger partial charge is 0.243 e. The molecule has 1 heterocycles. The average Bonchev–Trinajstić information content (AvgIpc) is 3.03. The van der Waals surface area contributed by atoms with Gasteiger partial charge in [0.1, 0.15) is 0 Å². The number of anilines is 1. The lowest BCUT2D eigenvalue weighted by molar-refractivity contribution is -0.140. The van der Waals surface area contributed by atoms with Crippen LogP contribution in [0.3, 0.4) is 0 Å². The summed E-state index contributed by atoms with van der Waals surface area (Å²) >= 11 is 7.45. The zero-order valence-electron chi connectivity index (χ0n) is 11.5. The van der Waals surface area contributed by atoms with Gasteiger partial charge in [0.05, 0.1) is 10.3 Å². The number of benzene rings is 1. The van der Waals surface area contributed by atoms with Gasteiger partial charge in [0, 0.05) is 23.0 Å². The average molecular weight is 325 g/mol. The normalized spacial score (nSPS) is 23.3. The van der Waals surface area contributed by atoms with Crippen molar-refractivity contribution in [1.29, 1.82) is 0 Å². The SMILES string of the molecule is Nc1cccc(Cl)c1SC1CC(=O)N(C2CCCC2)C1=O. The first-order valence-corrected chi connectivity index (χ1v) is 8.40. The third-order valence-electron chi connectivity index (χ3n) is 4.09. The lowest BCUT2D eigenvalue weighted by Crippen LogP contribution is -2.39. The van der Waals surface area contributed by atoms with Crippen LogP contribution in [0.5, 0.6) is 0 Å². The molecule has 1 aliphatic heterocycles. The molecule has 4 nitrogen and oxygen atoms in total. The number of carbonyl (C=O) groups is 2. The van der Waals surface area contributed by atoms with Crippen molar-refractivity contribution in [1.82, 2.24) is 4.90 Å². The van der Waals surface area contributed by atoms with Crippen LogP contribution in [0.4, 0.5) is 5.69 Å². The molecule has 21 heavy (non-hydrogen) atoms. The molecule has 1 unspecified atom stereocenters. The number of nitrogens with two attached hydrogens (primary N) is 1. The maximum Gasteiger partial charge on any atom is 0.243 e. The molecule has 6 heteroatoms. The van der Waals surface area contributed by atoms with E-state index in [4.69, 9.17) is 17.3 Å². The fraction of sp³-hybridized carbons (Fsp3) is 0.467. The summed E-state index contributed by atoms with van der Waals surface area (Å²) in [7, 11) is 0. The molecule has 1 aromatic carbocycles. The predicted octanol–water partition coefficient (Wildman–Crippen LogP) is 3.08. The highest BCUT2D eigenvalue weighted by Gasteiger charge is 2.43. The fourth-order valence-corrected chi connectivity index (χ4v) is 4.48. The van der Waals surface area contributed by atoms with Gasteiger partial charge in [-0.15, -0.1) is 11.8 Å². The molecule has 1 saturated heterocycles. The molecule has 1 aromatic rings. The third kappa shape index (κ3) is 2.77. The summed E-state index contributed by atoms with van der Waals surface area (Å²) in [5.74, 6) is -0.147. The lowest BCUT2D eigenvalue weighted by atomic mass is 10.2. The van der Waals surface area contributed by atoms with Crippen molar-refractivity contribution in [3.63, 3.8) is 0 Å². The molecule has 0 spiro atoms. The van der Waals surface area contributed by atoms with Crippen LogP contribution in [0, 0.1) is 0 Å². The van der Waals surface area contributed by atoms with Crippen LogP contribution in [0.15, 0.2) is 23.1 Å². The molecule has 0 aromatic heterocycles. The van der Waals surface area contributed by atoms with Crippen LogP contribution in [-0.2, 0) is 9.59 Å². The highest BCUT2D eigenvalue weighted by atomic mass is 35.5. The maximum absolute atomic E-state index is 12.5. The zero-order chi connectivity index (χ0) is 15.0. The van der Waals surface area contributed by atoms with E-state index in [1.807, 2.05) is 0 Å². The van der Waals surface area contributed by atoms with Gasteiger partial charge in [0.25, 0.3) is 0 Å². The first-order valence-electron chi connectivity index (χ1n) is 7.14. The quantitative estimate of drug-likeness (QED) is 0.685. The Morgan fingerprint density at radius 1 is 1.24 bits per heavy atom. The topological polar surface area (TPSA) is 63.4 Å². The van der Waals surface area contributed by atoms with E-state index >= 15 is 0 Å². The summed E-state index contributed by atoms with van der Waals surface area (Å²) in [4.78, 5) is 26.9. The number of rotatable bonds is 3. The fourth-order valence-electron chi connectivity index (χ4n) is 3.05. The Labute approximate surface area is 133 Å². The molecule has 3 rings (SSSR count). The van der Waals surface area contributed by atoms with E-state index in [0.29, 0.717) is 15.6 Å². The van der Waals surface area contributed by atoms with Crippen molar-refractivity contribution in [3.8, 4) is 0 Å². The van der Waals surface area contributed by atoms with Crippen molar-refractivity contribution in [2.24, 2.45) is 0 Å². The molecular formula is C15H17ClN2O2S. The lowest BCUT2D eigenvalue weighted by Gasteiger charge is -2.22. The molecular weight excluding hydrogens is 308 g/mol. The maximum atomic E-state index is 12.5. The second-order valence-corrected chi connectivity index (χ2v) is 7.13. The van der Waals surface area contributed by atoms with Gasteiger partial charge in [0.15, 0.2) is 0 Å². The highest BCUT2D eigenvalue weighted by Crippen LogP contribution is 2.40. The van der Waals surface area contributed by atoms with Gasteiger partial charge >= 0.3 is 0 Å². The summed E-state index contributed by atoms with van der Waals surface area (Å²) in [5.41, 5.74) is 6.47. The Morgan fingerprint density at radius 3 is 2.62 bits per heavy atom. The predicted molar refractivity (Wildman–Crippen MR) is 84.2 cm³/mol. The monoisotopic (exact) mass is 324 g/mol. The third-order valence-corrected chi connectivity index (χ3v) is 5.86. The number of amides is 2. The van der Waals surface area contributed by atoms with Gasteiger partial charge in [-0.25, -0.2) is 0 Å². The number of hydrogen-bond acceptors (Lipinski definition) is 4. The van der Waals surface area contributed by atoms with Crippen molar-refractivity contribution in [3.05, 3.63) is 23.2 Å². The molecule has 2 N–H and O–H groups in total. The Bertz CT molecular complexity index is 567. The van der Waals surface area contributed by atoms with Gasteiger partial charge in [-0.1, -0.05) is 30.5 Å². The Hall–Kier alpha value is -1.20. The van der Waals surface area contributed by atoms with Crippen LogP contribution in [0.2, 0.25) is 5.02 Å². The van der Waals surface area contributed by atoms with Gasteiger partial charge in [0.2, 0.25) is 11.8 Å². The second-order valence-electron chi connectivity index (χ2n) is 5.51. The van der Waals surface area contributed by atoms with E-state index in [-0.39, 0.29) is 24.3 Å². The number of hydrogen-bond donors (Lipinski definition) is 1. The van der Waals surface area contributed by atoms with Gasteiger partial charge in [-0.05, 0) is 25.0 Å². The van der Waals surface area contributed by atoms with Crippen LogP contribution >= 0.6 is 23.4 Å². The van der Waals surface area contributed by atoms with Crippen molar-refractivity contribution in [2.45, 2.75) is 48.3 Å². The molecule has 2 amide bonds. The number of nitrogen functional groups attached to an aromatic ring is 1. The molecule has 1 atom stereocenters. The van der Waals surface area contributed by atoms with Gasteiger partial charge in [-0.3, -0.25) is 14.5 Å². The van der Waals surface area contributed by atoms with E-state index in [0.717, 1.165) is 25.7 Å². The number of thioether (sulfide) groups is 1. The summed E-state index contributed by atoms with van der Waals surface area (Å²) in [6.07, 6.45) is 4.30. The van der Waals surface area contributed by atoms with E-state index < -0.39 is 5.25 Å². The molecule has 1 aliphatic carbocycles. The summed E-state index contributed by atoms with van der Waals surface area (Å²) in [6, 6.07) is 5.37. The first kappa shape index (κ1) is 14.7. The number of imide groups is 1. The second kappa shape index (κ2) is 5.89. The number of halogens is 1. The van der Waals surface area contributed by atoms with E-state index in [1.165, 1.54) is 16.7 Å². The van der Waals surface area contributed by atoms with Crippen molar-refractivity contribution in [2.75, 3.05) is 5.73 Å². The Morgan fingerprint density at radius 2 is 1.95 bits per heavy atom. The van der Waals surface area contributed by atoms with Crippen molar-refractivity contribution >= 4 is 40.9 Å². The molecule has 112 valence electrons. The van der Waals surface area contributed by atoms with Gasteiger partial charge in [-0.2, -0.15) is 0 Å². The minimum Gasteiger partial charge on any atom is -0.398 e. The van der Waals surface area contributed by atoms with Crippen LogP contribution in [-0.4, -0.2) is 28.0 Å². The summed E-state index contributed by atoms with van der Waals surface area (Å²) < 4.78 is 0. The molecule has 0 radical (unpaired) electrons. The minimum atomic E-state index is -0.403. The molecule has 1 saturated carbocycles. The van der Waals surface area contributed by atoms with E-state index in [1.54, 1.807) is 18.2 Å². The standard InChI is InChI=1S/C15H17ClN2O2S/c16-10-6-3-7-11(17)14(10)21-12-8-13(19)18(15(12)20)9-4-1-2-5-9/h3,6-7,9,12H,1-2,4-5,8,17H2. The number of carbonyl (C=O) groups excluding carboxylic acids is 2. The Kier molecular flexibility index (Phi) is 4.13.